The Hall–Kier alpha value is -1.36. The minimum Gasteiger partial charge on any atom is -0.341 e. The number of benzene rings is 1. The van der Waals surface area contributed by atoms with Crippen molar-refractivity contribution in [1.29, 1.82) is 0 Å². The summed E-state index contributed by atoms with van der Waals surface area (Å²) in [4.78, 5) is 27.6. The molecule has 21 heavy (non-hydrogen) atoms. The van der Waals surface area contributed by atoms with Crippen LogP contribution in [0.25, 0.3) is 0 Å². The Bertz CT molecular complexity index is 545. The third kappa shape index (κ3) is 4.30. The smallest absolute Gasteiger partial charge is 0.227 e. The number of amides is 2. The minimum atomic E-state index is 0.0899. The van der Waals surface area contributed by atoms with Gasteiger partial charge < -0.3 is 9.80 Å². The van der Waals surface area contributed by atoms with Crippen molar-refractivity contribution in [2.24, 2.45) is 0 Å². The molecule has 1 saturated heterocycles. The molecule has 1 aromatic rings. The van der Waals surface area contributed by atoms with Gasteiger partial charge in [0.25, 0.3) is 0 Å². The average Bonchev–Trinajstić information content (AvgIpc) is 2.68. The Kier molecular flexibility index (Phi) is 5.39. The first kappa shape index (κ1) is 16.0. The van der Waals surface area contributed by atoms with E-state index >= 15 is 0 Å². The highest BCUT2D eigenvalue weighted by Crippen LogP contribution is 2.17. The summed E-state index contributed by atoms with van der Waals surface area (Å²) in [6.07, 6.45) is 1.27. The average molecular weight is 353 g/mol. The number of hydrogen-bond acceptors (Lipinski definition) is 2. The van der Waals surface area contributed by atoms with Gasteiger partial charge in [0, 0.05) is 37.6 Å². The van der Waals surface area contributed by atoms with Gasteiger partial charge >= 0.3 is 0 Å². The van der Waals surface area contributed by atoms with E-state index in [0.717, 1.165) is 35.1 Å². The van der Waals surface area contributed by atoms with Crippen molar-refractivity contribution in [2.45, 2.75) is 26.7 Å². The molecule has 2 rings (SSSR count). The number of rotatable bonds is 2. The predicted octanol–water partition coefficient (Wildman–Crippen LogP) is 2.38. The van der Waals surface area contributed by atoms with Crippen LogP contribution in [0.15, 0.2) is 22.7 Å². The third-order valence-corrected chi connectivity index (χ3v) is 4.44. The van der Waals surface area contributed by atoms with Crippen molar-refractivity contribution < 1.29 is 9.59 Å². The lowest BCUT2D eigenvalue weighted by atomic mass is 10.1. The van der Waals surface area contributed by atoms with Crippen molar-refractivity contribution in [3.63, 3.8) is 0 Å². The van der Waals surface area contributed by atoms with Gasteiger partial charge in [-0.05, 0) is 36.6 Å². The van der Waals surface area contributed by atoms with Crippen molar-refractivity contribution in [2.75, 3.05) is 26.2 Å². The van der Waals surface area contributed by atoms with Gasteiger partial charge in [-0.3, -0.25) is 9.59 Å². The molecule has 1 aliphatic rings. The van der Waals surface area contributed by atoms with Gasteiger partial charge in [-0.15, -0.1) is 0 Å². The van der Waals surface area contributed by atoms with Gasteiger partial charge in [-0.1, -0.05) is 22.0 Å². The van der Waals surface area contributed by atoms with Crippen LogP contribution in [0.4, 0.5) is 0 Å². The Morgan fingerprint density at radius 1 is 1.14 bits per heavy atom. The highest BCUT2D eigenvalue weighted by molar-refractivity contribution is 9.10. The molecule has 0 atom stereocenters. The monoisotopic (exact) mass is 352 g/mol. The molecular formula is C16H21BrN2O2. The molecule has 114 valence electrons. The summed E-state index contributed by atoms with van der Waals surface area (Å²) < 4.78 is 0.995. The first-order chi connectivity index (χ1) is 9.97. The summed E-state index contributed by atoms with van der Waals surface area (Å²) in [5, 5.41) is 0. The lowest BCUT2D eigenvalue weighted by Gasteiger charge is -2.22. The van der Waals surface area contributed by atoms with Crippen LogP contribution in [0, 0.1) is 6.92 Å². The fourth-order valence-electron chi connectivity index (χ4n) is 2.59. The van der Waals surface area contributed by atoms with E-state index in [-0.39, 0.29) is 11.8 Å². The van der Waals surface area contributed by atoms with Crippen LogP contribution in [0.5, 0.6) is 0 Å². The third-order valence-electron chi connectivity index (χ3n) is 3.95. The zero-order chi connectivity index (χ0) is 15.4. The van der Waals surface area contributed by atoms with E-state index in [4.69, 9.17) is 0 Å². The standard InChI is InChI=1S/C16H21BrN2O2/c1-12-4-5-15(17)10-14(12)11-16(21)19-7-3-6-18(8-9-19)13(2)20/h4-5,10H,3,6-9,11H2,1-2H3. The summed E-state index contributed by atoms with van der Waals surface area (Å²) >= 11 is 3.45. The molecule has 0 aliphatic carbocycles. The van der Waals surface area contributed by atoms with Crippen molar-refractivity contribution >= 4 is 27.7 Å². The van der Waals surface area contributed by atoms with E-state index < -0.39 is 0 Å². The molecule has 1 fully saturated rings. The maximum Gasteiger partial charge on any atom is 0.227 e. The molecule has 2 amide bonds. The summed E-state index contributed by atoms with van der Waals surface area (Å²) in [7, 11) is 0. The molecule has 0 saturated carbocycles. The van der Waals surface area contributed by atoms with Crippen molar-refractivity contribution in [3.05, 3.63) is 33.8 Å². The number of nitrogens with zero attached hydrogens (tertiary/aromatic N) is 2. The fourth-order valence-corrected chi connectivity index (χ4v) is 3.00. The summed E-state index contributed by atoms with van der Waals surface area (Å²) in [5.41, 5.74) is 2.19. The van der Waals surface area contributed by atoms with Crippen LogP contribution >= 0.6 is 15.9 Å². The van der Waals surface area contributed by atoms with Crippen molar-refractivity contribution in [1.82, 2.24) is 9.80 Å². The molecule has 0 N–H and O–H groups in total. The molecule has 1 aliphatic heterocycles. The second-order valence-corrected chi connectivity index (χ2v) is 6.40. The second kappa shape index (κ2) is 7.07. The molecule has 1 aromatic carbocycles. The lowest BCUT2D eigenvalue weighted by molar-refractivity contribution is -0.132. The van der Waals surface area contributed by atoms with E-state index in [9.17, 15) is 9.59 Å². The summed E-state index contributed by atoms with van der Waals surface area (Å²) in [5.74, 6) is 0.230. The van der Waals surface area contributed by atoms with Crippen LogP contribution in [-0.4, -0.2) is 47.8 Å². The number of carbonyl (C=O) groups excluding carboxylic acids is 2. The molecule has 0 aromatic heterocycles. The van der Waals surface area contributed by atoms with E-state index in [1.165, 1.54) is 0 Å². The Labute approximate surface area is 134 Å². The topological polar surface area (TPSA) is 40.6 Å². The summed E-state index contributed by atoms with van der Waals surface area (Å²) in [6.45, 7) is 6.35. The second-order valence-electron chi connectivity index (χ2n) is 5.49. The maximum absolute atomic E-state index is 12.5. The van der Waals surface area contributed by atoms with E-state index in [1.807, 2.05) is 34.9 Å². The van der Waals surface area contributed by atoms with E-state index in [2.05, 4.69) is 15.9 Å². The summed E-state index contributed by atoms with van der Waals surface area (Å²) in [6, 6.07) is 6.01. The van der Waals surface area contributed by atoms with Gasteiger partial charge in [0.2, 0.25) is 11.8 Å². The van der Waals surface area contributed by atoms with Gasteiger partial charge in [-0.25, -0.2) is 0 Å². The van der Waals surface area contributed by atoms with Crippen LogP contribution < -0.4 is 0 Å². The minimum absolute atomic E-state index is 0.0899. The Balaban J connectivity index is 2.00. The molecule has 0 radical (unpaired) electrons. The molecule has 5 heteroatoms. The van der Waals surface area contributed by atoms with Gasteiger partial charge in [0.1, 0.15) is 0 Å². The SMILES string of the molecule is CC(=O)N1CCCN(C(=O)Cc2cc(Br)ccc2C)CC1. The van der Waals surface area contributed by atoms with Crippen molar-refractivity contribution in [3.8, 4) is 0 Å². The number of halogens is 1. The first-order valence-electron chi connectivity index (χ1n) is 7.25. The highest BCUT2D eigenvalue weighted by atomic mass is 79.9. The number of aryl methyl sites for hydroxylation is 1. The predicted molar refractivity (Wildman–Crippen MR) is 86.0 cm³/mol. The molecule has 1 heterocycles. The van der Waals surface area contributed by atoms with Gasteiger partial charge in [0.15, 0.2) is 0 Å². The van der Waals surface area contributed by atoms with Gasteiger partial charge in [0.05, 0.1) is 6.42 Å². The fraction of sp³-hybridized carbons (Fsp3) is 0.500. The molecule has 0 unspecified atom stereocenters. The first-order valence-corrected chi connectivity index (χ1v) is 8.05. The lowest BCUT2D eigenvalue weighted by Crippen LogP contribution is -2.37. The molecule has 4 nitrogen and oxygen atoms in total. The zero-order valence-electron chi connectivity index (χ0n) is 12.6. The van der Waals surface area contributed by atoms with E-state index in [0.29, 0.717) is 19.5 Å². The normalized spacial score (nSPS) is 15.8. The van der Waals surface area contributed by atoms with Gasteiger partial charge in [-0.2, -0.15) is 0 Å². The Morgan fingerprint density at radius 3 is 2.52 bits per heavy atom. The quantitative estimate of drug-likeness (QED) is 0.819. The van der Waals surface area contributed by atoms with Crippen LogP contribution in [0.1, 0.15) is 24.5 Å². The molecule has 0 bridgehead atoms. The van der Waals surface area contributed by atoms with E-state index in [1.54, 1.807) is 6.92 Å². The zero-order valence-corrected chi connectivity index (χ0v) is 14.1. The number of hydrogen-bond donors (Lipinski definition) is 0. The highest BCUT2D eigenvalue weighted by Gasteiger charge is 2.20. The molecular weight excluding hydrogens is 332 g/mol. The largest absolute Gasteiger partial charge is 0.341 e. The number of carbonyl (C=O) groups is 2. The van der Waals surface area contributed by atoms with Crippen LogP contribution in [0.2, 0.25) is 0 Å². The maximum atomic E-state index is 12.5. The van der Waals surface area contributed by atoms with Crippen LogP contribution in [0.3, 0.4) is 0 Å². The molecule has 0 spiro atoms. The Morgan fingerprint density at radius 2 is 1.81 bits per heavy atom. The van der Waals surface area contributed by atoms with Crippen LogP contribution in [-0.2, 0) is 16.0 Å².